The van der Waals surface area contributed by atoms with Gasteiger partial charge in [-0.2, -0.15) is 25.3 Å². The van der Waals surface area contributed by atoms with Gasteiger partial charge in [-0.05, 0) is 0 Å². The average molecular weight is 552 g/mol. The molecule has 0 rings (SSSR count). The van der Waals surface area contributed by atoms with Gasteiger partial charge in [0.2, 0.25) is 0 Å². The van der Waals surface area contributed by atoms with Crippen molar-refractivity contribution in [1.29, 1.82) is 0 Å². The molecular weight excluding hydrogens is 543 g/mol. The Labute approximate surface area is 180 Å². The van der Waals surface area contributed by atoms with Gasteiger partial charge in [-0.1, -0.05) is 0 Å². The fourth-order valence-electron chi connectivity index (χ4n) is 0. The molecule has 0 heterocycles. The maximum atomic E-state index is 8.83. The van der Waals surface area contributed by atoms with E-state index in [1.807, 2.05) is 0 Å². The molecule has 0 saturated heterocycles. The maximum Gasteiger partial charge on any atom is 3.00 e. The van der Waals surface area contributed by atoms with Crippen LogP contribution < -0.4 is 15.8 Å². The second-order valence-corrected chi connectivity index (χ2v) is 5.08. The van der Waals surface area contributed by atoms with Gasteiger partial charge in [-0.15, -0.1) is 0 Å². The van der Waals surface area contributed by atoms with Crippen molar-refractivity contribution in [3.8, 4) is 0 Å². The topological polar surface area (TPSA) is 433 Å². The first kappa shape index (κ1) is 46.9. The van der Waals surface area contributed by atoms with Gasteiger partial charge >= 0.3 is 67.0 Å². The van der Waals surface area contributed by atoms with E-state index in [1.54, 1.807) is 0 Å². The molecule has 24 nitrogen and oxygen atoms in total. The van der Waals surface area contributed by atoms with Crippen LogP contribution in [0.1, 0.15) is 0 Å². The summed E-state index contributed by atoms with van der Waals surface area (Å²) in [5.74, 6) is 0. The molecular formula is C3H9AlO24S3. The molecule has 31 heavy (non-hydrogen) atoms. The molecule has 9 N–H and O–H groups in total. The summed E-state index contributed by atoms with van der Waals surface area (Å²) in [5, 5.41) is 47.2. The maximum absolute atomic E-state index is 8.83. The van der Waals surface area contributed by atoms with Crippen LogP contribution >= 0.6 is 0 Å². The predicted octanol–water partition coefficient (Wildman–Crippen LogP) is -5.47. The Hall–Kier alpha value is -2.17. The second-order valence-electron chi connectivity index (χ2n) is 2.39. The first-order chi connectivity index (χ1) is 12.8. The number of carbonyl (C=O) groups is 3. The van der Waals surface area contributed by atoms with E-state index in [-0.39, 0.29) is 17.4 Å². The van der Waals surface area contributed by atoms with Gasteiger partial charge in [0.05, 0.1) is 0 Å². The molecule has 0 aliphatic carbocycles. The van der Waals surface area contributed by atoms with E-state index in [1.165, 1.54) is 0 Å². The molecule has 186 valence electrons. The molecule has 0 atom stereocenters. The fraction of sp³-hybridized carbons (Fsp3) is 0. The average Bonchev–Trinajstić information content (AvgIpc) is 2.43. The molecule has 0 bridgehead atoms. The van der Waals surface area contributed by atoms with Crippen LogP contribution in [0.5, 0.6) is 0 Å². The largest absolute Gasteiger partial charge is 3.00 e. The van der Waals surface area contributed by atoms with Gasteiger partial charge in [-0.3, -0.25) is 27.3 Å². The zero-order chi connectivity index (χ0) is 26.4. The van der Waals surface area contributed by atoms with Crippen molar-refractivity contribution in [3.05, 3.63) is 0 Å². The molecule has 0 spiro atoms. The van der Waals surface area contributed by atoms with Crippen molar-refractivity contribution >= 4 is 67.0 Å². The summed E-state index contributed by atoms with van der Waals surface area (Å²) >= 11 is 0. The Kier molecular flexibility index (Phi) is 39.1. The van der Waals surface area contributed by atoms with Crippen LogP contribution in [0.25, 0.3) is 0 Å². The third-order valence-corrected chi connectivity index (χ3v) is 0.214. The summed E-state index contributed by atoms with van der Waals surface area (Å²) in [6, 6.07) is 0. The van der Waals surface area contributed by atoms with E-state index in [4.69, 9.17) is 98.0 Å². The second kappa shape index (κ2) is 25.9. The van der Waals surface area contributed by atoms with Crippen molar-refractivity contribution in [1.82, 2.24) is 0 Å². The SMILES string of the molecule is O=C(O)O[O-].O=C(O)O[O-].O=C(O)O[O-].O=S(=O)(O)O.O=S(=O)(O)O.O=S(=O)(O)O.[Al+3]. The summed E-state index contributed by atoms with van der Waals surface area (Å²) in [6.45, 7) is 0. The first-order valence-corrected chi connectivity index (χ1v) is 8.68. The molecule has 0 unspecified atom stereocenters. The predicted molar refractivity (Wildman–Crippen MR) is 75.6 cm³/mol. The van der Waals surface area contributed by atoms with Crippen LogP contribution in [-0.4, -0.2) is 104 Å². The molecule has 0 amide bonds. The number of rotatable bonds is 0. The minimum Gasteiger partial charge on any atom is -0.659 e. The summed E-state index contributed by atoms with van der Waals surface area (Å²) in [5.41, 5.74) is 0. The van der Waals surface area contributed by atoms with Crippen molar-refractivity contribution in [2.24, 2.45) is 0 Å². The van der Waals surface area contributed by atoms with Gasteiger partial charge in [0, 0.05) is 0 Å². The van der Waals surface area contributed by atoms with Crippen LogP contribution in [-0.2, 0) is 45.9 Å². The van der Waals surface area contributed by atoms with E-state index < -0.39 is 49.7 Å². The van der Waals surface area contributed by atoms with Crippen LogP contribution in [0.2, 0.25) is 0 Å². The Morgan fingerprint density at radius 3 is 0.516 bits per heavy atom. The van der Waals surface area contributed by atoms with Gasteiger partial charge < -0.3 is 45.8 Å². The summed E-state index contributed by atoms with van der Waals surface area (Å²) in [7, 11) is -14.0. The van der Waals surface area contributed by atoms with Crippen molar-refractivity contribution in [2.45, 2.75) is 0 Å². The third-order valence-electron chi connectivity index (χ3n) is 0.214. The Morgan fingerprint density at radius 2 is 0.516 bits per heavy atom. The molecule has 0 fully saturated rings. The quantitative estimate of drug-likeness (QED) is 0.0585. The normalized spacial score (nSPS) is 8.81. The van der Waals surface area contributed by atoms with Gasteiger partial charge in [0.1, 0.15) is 0 Å². The Morgan fingerprint density at radius 1 is 0.484 bits per heavy atom. The first-order valence-electron chi connectivity index (χ1n) is 4.49. The Balaban J connectivity index is -0.0000000443. The molecule has 0 aliphatic rings. The molecule has 0 saturated carbocycles. The van der Waals surface area contributed by atoms with Crippen LogP contribution in [0.15, 0.2) is 0 Å². The van der Waals surface area contributed by atoms with Crippen LogP contribution in [0.3, 0.4) is 0 Å². The zero-order valence-electron chi connectivity index (χ0n) is 13.5. The summed E-state index contributed by atoms with van der Waals surface area (Å²) < 4.78 is 94.8. The molecule has 0 radical (unpaired) electrons. The zero-order valence-corrected chi connectivity index (χ0v) is 17.1. The van der Waals surface area contributed by atoms with Gasteiger partial charge in [0.25, 0.3) is 0 Å². The van der Waals surface area contributed by atoms with Gasteiger partial charge in [0.15, 0.2) is 0 Å². The van der Waals surface area contributed by atoms with Crippen molar-refractivity contribution in [3.63, 3.8) is 0 Å². The molecule has 0 aromatic heterocycles. The van der Waals surface area contributed by atoms with Crippen molar-refractivity contribution < 1.29 is 113 Å². The van der Waals surface area contributed by atoms with E-state index in [9.17, 15) is 0 Å². The molecule has 0 aromatic carbocycles. The van der Waals surface area contributed by atoms with E-state index in [0.717, 1.165) is 0 Å². The number of hydrogen-bond donors (Lipinski definition) is 9. The summed E-state index contributed by atoms with van der Waals surface area (Å²) in [4.78, 5) is 33.8. The number of hydrogen-bond acceptors (Lipinski definition) is 15. The number of carboxylic acid groups (broad SMARTS) is 3. The smallest absolute Gasteiger partial charge is 0.659 e. The van der Waals surface area contributed by atoms with Gasteiger partial charge in [-0.25, -0.2) is 14.4 Å². The van der Waals surface area contributed by atoms with E-state index >= 15 is 0 Å². The monoisotopic (exact) mass is 552 g/mol. The molecule has 0 aromatic rings. The minimum absolute atomic E-state index is 0. The molecule has 0 aliphatic heterocycles. The van der Waals surface area contributed by atoms with Crippen molar-refractivity contribution in [2.75, 3.05) is 0 Å². The van der Waals surface area contributed by atoms with E-state index in [2.05, 4.69) is 14.7 Å². The standard InChI is InChI=1S/3CH2O4.Al.3H2O4S/c3*2-1(3)5-4;;3*1-5(2,3)4/h3*4H,(H,2,3);;3*(H2,1,2,3,4)/q;;;+3;;;/p-3. The van der Waals surface area contributed by atoms with Crippen LogP contribution in [0, 0.1) is 0 Å². The van der Waals surface area contributed by atoms with Crippen LogP contribution in [0.4, 0.5) is 14.4 Å². The summed E-state index contributed by atoms with van der Waals surface area (Å²) in [6.07, 6.45) is -5.40. The fourth-order valence-corrected chi connectivity index (χ4v) is 0. The van der Waals surface area contributed by atoms with E-state index in [0.29, 0.717) is 0 Å². The molecule has 28 heteroatoms. The minimum atomic E-state index is -4.67. The Bertz CT molecular complexity index is 613. The third kappa shape index (κ3) is 1260.